The Kier molecular flexibility index (Phi) is 6.43. The molecule has 0 radical (unpaired) electrons. The van der Waals surface area contributed by atoms with Gasteiger partial charge in [-0.1, -0.05) is 18.2 Å². The Labute approximate surface area is 122 Å². The molecule has 1 atom stereocenters. The normalized spacial score (nSPS) is 12.5. The largest absolute Gasteiger partial charge is 0.469 e. The first-order chi connectivity index (χ1) is 7.41. The van der Waals surface area contributed by atoms with Crippen molar-refractivity contribution in [2.75, 3.05) is 7.11 Å². The van der Waals surface area contributed by atoms with Crippen molar-refractivity contribution in [2.45, 2.75) is 19.9 Å². The van der Waals surface area contributed by atoms with Crippen LogP contribution in [0.1, 0.15) is 25.5 Å². The quantitative estimate of drug-likeness (QED) is 0.658. The summed E-state index contributed by atoms with van der Waals surface area (Å²) in [6, 6.07) is 7.42. The van der Waals surface area contributed by atoms with Gasteiger partial charge in [0.15, 0.2) is 0 Å². The standard InChI is InChI=1S/C12H16INO2.ClH/c1-12(2,11(15)16-3)10(14)8-6-4-5-7-9(8)13;/h4-7,10H,14H2,1-3H3;1H/t10-;/m0./s1. The third-order valence-electron chi connectivity index (χ3n) is 2.73. The number of hydrogen-bond acceptors (Lipinski definition) is 3. The van der Waals surface area contributed by atoms with Crippen molar-refractivity contribution < 1.29 is 9.53 Å². The Bertz CT molecular complexity index is 396. The van der Waals surface area contributed by atoms with Crippen molar-refractivity contribution in [3.63, 3.8) is 0 Å². The highest BCUT2D eigenvalue weighted by molar-refractivity contribution is 14.1. The average Bonchev–Trinajstić information content (AvgIpc) is 2.27. The van der Waals surface area contributed by atoms with Gasteiger partial charge in [-0.05, 0) is 48.1 Å². The van der Waals surface area contributed by atoms with E-state index in [-0.39, 0.29) is 24.4 Å². The molecule has 1 rings (SSSR count). The molecule has 1 aromatic carbocycles. The van der Waals surface area contributed by atoms with Crippen LogP contribution in [-0.4, -0.2) is 13.1 Å². The number of nitrogens with two attached hydrogens (primary N) is 1. The summed E-state index contributed by atoms with van der Waals surface area (Å²) in [5.74, 6) is -0.292. The molecule has 0 bridgehead atoms. The zero-order valence-electron chi connectivity index (χ0n) is 10.1. The summed E-state index contributed by atoms with van der Waals surface area (Å²) in [7, 11) is 1.38. The molecule has 2 N–H and O–H groups in total. The van der Waals surface area contributed by atoms with E-state index in [0.717, 1.165) is 9.13 Å². The second-order valence-electron chi connectivity index (χ2n) is 4.21. The van der Waals surface area contributed by atoms with E-state index in [4.69, 9.17) is 10.5 Å². The summed E-state index contributed by atoms with van der Waals surface area (Å²) < 4.78 is 5.84. The van der Waals surface area contributed by atoms with Crippen molar-refractivity contribution in [1.29, 1.82) is 0 Å². The molecule has 0 aliphatic carbocycles. The van der Waals surface area contributed by atoms with Gasteiger partial charge in [0.25, 0.3) is 0 Å². The van der Waals surface area contributed by atoms with Gasteiger partial charge >= 0.3 is 5.97 Å². The molecule has 17 heavy (non-hydrogen) atoms. The maximum absolute atomic E-state index is 11.7. The molecule has 0 heterocycles. The van der Waals surface area contributed by atoms with Crippen LogP contribution in [0.3, 0.4) is 0 Å². The number of esters is 1. The summed E-state index contributed by atoms with van der Waals surface area (Å²) in [5, 5.41) is 0. The highest BCUT2D eigenvalue weighted by Crippen LogP contribution is 2.34. The smallest absolute Gasteiger partial charge is 0.313 e. The van der Waals surface area contributed by atoms with Crippen LogP contribution < -0.4 is 5.73 Å². The summed E-state index contributed by atoms with van der Waals surface area (Å²) in [5.41, 5.74) is 6.39. The maximum atomic E-state index is 11.7. The first kappa shape index (κ1) is 16.7. The lowest BCUT2D eigenvalue weighted by atomic mass is 9.81. The Morgan fingerprint density at radius 3 is 2.41 bits per heavy atom. The van der Waals surface area contributed by atoms with Gasteiger partial charge in [-0.15, -0.1) is 12.4 Å². The van der Waals surface area contributed by atoms with Crippen molar-refractivity contribution >= 4 is 41.0 Å². The minimum atomic E-state index is -0.726. The highest BCUT2D eigenvalue weighted by atomic mass is 127. The van der Waals surface area contributed by atoms with Gasteiger partial charge in [0.1, 0.15) is 0 Å². The molecule has 0 aromatic heterocycles. The van der Waals surface area contributed by atoms with E-state index < -0.39 is 5.41 Å². The van der Waals surface area contributed by atoms with Crippen LogP contribution in [-0.2, 0) is 9.53 Å². The number of hydrogen-bond donors (Lipinski definition) is 1. The predicted molar refractivity (Wildman–Crippen MR) is 79.1 cm³/mol. The Morgan fingerprint density at radius 2 is 1.94 bits per heavy atom. The van der Waals surface area contributed by atoms with Crippen LogP contribution in [0.25, 0.3) is 0 Å². The number of halogens is 2. The molecule has 0 amide bonds. The monoisotopic (exact) mass is 369 g/mol. The van der Waals surface area contributed by atoms with Crippen molar-refractivity contribution in [3.05, 3.63) is 33.4 Å². The predicted octanol–water partition coefficient (Wildman–Crippen LogP) is 2.91. The number of methoxy groups -OCH3 is 1. The summed E-state index contributed by atoms with van der Waals surface area (Å²) in [6.07, 6.45) is 0. The zero-order valence-corrected chi connectivity index (χ0v) is 13.0. The minimum absolute atomic E-state index is 0. The second kappa shape index (κ2) is 6.56. The van der Waals surface area contributed by atoms with Gasteiger partial charge in [0.05, 0.1) is 12.5 Å². The minimum Gasteiger partial charge on any atom is -0.469 e. The first-order valence-corrected chi connectivity index (χ1v) is 6.07. The SMILES string of the molecule is COC(=O)C(C)(C)[C@@H](N)c1ccccc1I.Cl. The summed E-state index contributed by atoms with van der Waals surface area (Å²) in [6.45, 7) is 3.60. The van der Waals surface area contributed by atoms with Crippen LogP contribution in [0, 0.1) is 8.99 Å². The third kappa shape index (κ3) is 3.56. The van der Waals surface area contributed by atoms with E-state index >= 15 is 0 Å². The Hall–Kier alpha value is -0.330. The molecule has 5 heteroatoms. The van der Waals surface area contributed by atoms with E-state index in [2.05, 4.69) is 22.6 Å². The van der Waals surface area contributed by atoms with Crippen LogP contribution in [0.2, 0.25) is 0 Å². The maximum Gasteiger partial charge on any atom is 0.313 e. The fraction of sp³-hybridized carbons (Fsp3) is 0.417. The van der Waals surface area contributed by atoms with Gasteiger partial charge in [0.2, 0.25) is 0 Å². The third-order valence-corrected chi connectivity index (χ3v) is 3.71. The summed E-state index contributed by atoms with van der Waals surface area (Å²) in [4.78, 5) is 11.7. The fourth-order valence-corrected chi connectivity index (χ4v) is 2.23. The van der Waals surface area contributed by atoms with E-state index in [1.165, 1.54) is 7.11 Å². The van der Waals surface area contributed by atoms with E-state index in [1.807, 2.05) is 24.3 Å². The van der Waals surface area contributed by atoms with E-state index in [9.17, 15) is 4.79 Å². The van der Waals surface area contributed by atoms with E-state index in [0.29, 0.717) is 0 Å². The molecule has 0 saturated carbocycles. The lowest BCUT2D eigenvalue weighted by Crippen LogP contribution is -2.37. The van der Waals surface area contributed by atoms with Crippen molar-refractivity contribution in [2.24, 2.45) is 11.1 Å². The number of carbonyl (C=O) groups excluding carboxylic acids is 1. The molecule has 0 aliphatic rings. The van der Waals surface area contributed by atoms with Crippen LogP contribution in [0.5, 0.6) is 0 Å². The molecule has 1 aromatic rings. The molecule has 3 nitrogen and oxygen atoms in total. The fourth-order valence-electron chi connectivity index (χ4n) is 1.51. The van der Waals surface area contributed by atoms with Gasteiger partial charge < -0.3 is 10.5 Å². The molecule has 96 valence electrons. The van der Waals surface area contributed by atoms with Crippen LogP contribution in [0.15, 0.2) is 24.3 Å². The molecular weight excluding hydrogens is 352 g/mol. The Balaban J connectivity index is 0.00000256. The molecule has 0 unspecified atom stereocenters. The van der Waals surface area contributed by atoms with Crippen LogP contribution in [0.4, 0.5) is 0 Å². The lowest BCUT2D eigenvalue weighted by Gasteiger charge is -2.29. The average molecular weight is 370 g/mol. The van der Waals surface area contributed by atoms with E-state index in [1.54, 1.807) is 13.8 Å². The van der Waals surface area contributed by atoms with Crippen molar-refractivity contribution in [1.82, 2.24) is 0 Å². The first-order valence-electron chi connectivity index (χ1n) is 4.99. The van der Waals surface area contributed by atoms with Gasteiger partial charge in [-0.25, -0.2) is 0 Å². The van der Waals surface area contributed by atoms with Gasteiger partial charge in [-0.2, -0.15) is 0 Å². The van der Waals surface area contributed by atoms with Crippen molar-refractivity contribution in [3.8, 4) is 0 Å². The zero-order chi connectivity index (χ0) is 12.3. The number of benzene rings is 1. The lowest BCUT2D eigenvalue weighted by molar-refractivity contribution is -0.152. The topological polar surface area (TPSA) is 52.3 Å². The number of carbonyl (C=O) groups is 1. The van der Waals surface area contributed by atoms with Gasteiger partial charge in [-0.3, -0.25) is 4.79 Å². The van der Waals surface area contributed by atoms with Crippen LogP contribution >= 0.6 is 35.0 Å². The highest BCUT2D eigenvalue weighted by Gasteiger charge is 2.37. The number of ether oxygens (including phenoxy) is 1. The summed E-state index contributed by atoms with van der Waals surface area (Å²) >= 11 is 2.22. The molecule has 0 aliphatic heterocycles. The molecule has 0 spiro atoms. The van der Waals surface area contributed by atoms with Gasteiger partial charge in [0, 0.05) is 9.61 Å². The second-order valence-corrected chi connectivity index (χ2v) is 5.37. The number of rotatable bonds is 3. The molecule has 0 fully saturated rings. The molecular formula is C12H17ClINO2. The Morgan fingerprint density at radius 1 is 1.41 bits per heavy atom. The molecule has 0 saturated heterocycles.